The SMILES string of the molecule is Clc1cncc(Cl)c1Cl.O=C(c1ccccc1)N1CCN(c2c(Cl)cncc2Cl)CC1.O=C(c1ccccc1)N1CCNCC1. The molecule has 1 N–H and O–H groups in total. The molecule has 4 heterocycles. The lowest BCUT2D eigenvalue weighted by Gasteiger charge is -2.36. The van der Waals surface area contributed by atoms with Crippen molar-refractivity contribution in [3.05, 3.63) is 122 Å². The Labute approximate surface area is 287 Å². The Balaban J connectivity index is 0.000000171. The monoisotopic (exact) mass is 706 g/mol. The molecule has 2 aliphatic rings. The molecule has 2 aliphatic heterocycles. The summed E-state index contributed by atoms with van der Waals surface area (Å²) in [6.07, 6.45) is 6.06. The lowest BCUT2D eigenvalue weighted by atomic mass is 10.2. The largest absolute Gasteiger partial charge is 0.365 e. The van der Waals surface area contributed by atoms with E-state index in [2.05, 4.69) is 20.2 Å². The van der Waals surface area contributed by atoms with Crippen LogP contribution in [-0.2, 0) is 0 Å². The second-order valence-corrected chi connectivity index (χ2v) is 11.9. The van der Waals surface area contributed by atoms with Crippen LogP contribution in [0.3, 0.4) is 0 Å². The fourth-order valence-corrected chi connectivity index (χ4v) is 5.70. The molecule has 8 nitrogen and oxygen atoms in total. The molecule has 0 radical (unpaired) electrons. The van der Waals surface area contributed by atoms with E-state index >= 15 is 0 Å². The van der Waals surface area contributed by atoms with Gasteiger partial charge in [0.1, 0.15) is 0 Å². The molecule has 0 atom stereocenters. The van der Waals surface area contributed by atoms with Crippen molar-refractivity contribution in [3.8, 4) is 0 Å². The summed E-state index contributed by atoms with van der Waals surface area (Å²) in [7, 11) is 0. The summed E-state index contributed by atoms with van der Waals surface area (Å²) in [5.41, 5.74) is 2.30. The number of piperazine rings is 2. The van der Waals surface area contributed by atoms with Crippen molar-refractivity contribution in [2.24, 2.45) is 0 Å². The molecule has 4 aromatic rings. The molecule has 0 bridgehead atoms. The average Bonchev–Trinajstić information content (AvgIpc) is 3.08. The topological polar surface area (TPSA) is 81.7 Å². The highest BCUT2D eigenvalue weighted by Crippen LogP contribution is 2.33. The van der Waals surface area contributed by atoms with Gasteiger partial charge in [0.15, 0.2) is 0 Å². The zero-order valence-electron chi connectivity index (χ0n) is 24.2. The predicted octanol–water partition coefficient (Wildman–Crippen LogP) is 7.12. The van der Waals surface area contributed by atoms with Crippen LogP contribution in [0.4, 0.5) is 5.69 Å². The van der Waals surface area contributed by atoms with Crippen molar-refractivity contribution in [1.82, 2.24) is 25.1 Å². The molecule has 2 fully saturated rings. The van der Waals surface area contributed by atoms with Crippen LogP contribution in [0.5, 0.6) is 0 Å². The molecule has 45 heavy (non-hydrogen) atoms. The van der Waals surface area contributed by atoms with Crippen LogP contribution < -0.4 is 10.2 Å². The first-order chi connectivity index (χ1) is 21.8. The Hall–Kier alpha value is -3.11. The van der Waals surface area contributed by atoms with E-state index in [-0.39, 0.29) is 11.8 Å². The highest BCUT2D eigenvalue weighted by Gasteiger charge is 2.24. The molecule has 236 valence electrons. The third-order valence-electron chi connectivity index (χ3n) is 6.95. The molecule has 2 aromatic heterocycles. The van der Waals surface area contributed by atoms with Gasteiger partial charge in [0.2, 0.25) is 0 Å². The quantitative estimate of drug-likeness (QED) is 0.244. The second kappa shape index (κ2) is 17.5. The second-order valence-electron chi connectivity index (χ2n) is 9.92. The molecule has 2 saturated heterocycles. The molecule has 13 heteroatoms. The van der Waals surface area contributed by atoms with Crippen LogP contribution in [0.2, 0.25) is 25.1 Å². The Morgan fingerprint density at radius 3 is 1.38 bits per heavy atom. The van der Waals surface area contributed by atoms with E-state index in [0.29, 0.717) is 51.3 Å². The van der Waals surface area contributed by atoms with Crippen molar-refractivity contribution >= 4 is 75.5 Å². The number of anilines is 1. The van der Waals surface area contributed by atoms with Crippen molar-refractivity contribution < 1.29 is 9.59 Å². The van der Waals surface area contributed by atoms with E-state index in [9.17, 15) is 9.59 Å². The zero-order chi connectivity index (χ0) is 32.2. The van der Waals surface area contributed by atoms with E-state index < -0.39 is 0 Å². The Morgan fingerprint density at radius 2 is 0.956 bits per heavy atom. The summed E-state index contributed by atoms with van der Waals surface area (Å²) < 4.78 is 0. The van der Waals surface area contributed by atoms with Gasteiger partial charge in [0.05, 0.1) is 30.8 Å². The number of benzene rings is 2. The maximum absolute atomic E-state index is 12.4. The molecule has 0 spiro atoms. The van der Waals surface area contributed by atoms with Gasteiger partial charge in [-0.3, -0.25) is 19.6 Å². The summed E-state index contributed by atoms with van der Waals surface area (Å²) in [5, 5.41) is 5.41. The summed E-state index contributed by atoms with van der Waals surface area (Å²) in [6.45, 7) is 6.11. The highest BCUT2D eigenvalue weighted by molar-refractivity contribution is 6.47. The molecule has 2 amide bonds. The Morgan fingerprint density at radius 1 is 0.556 bits per heavy atom. The molecule has 0 unspecified atom stereocenters. The first kappa shape index (κ1) is 34.8. The van der Waals surface area contributed by atoms with Crippen LogP contribution in [-0.4, -0.2) is 83.9 Å². The average molecular weight is 709 g/mol. The van der Waals surface area contributed by atoms with E-state index in [1.54, 1.807) is 12.4 Å². The third kappa shape index (κ3) is 9.94. The van der Waals surface area contributed by atoms with Crippen molar-refractivity contribution in [1.29, 1.82) is 0 Å². The Bertz CT molecular complexity index is 1510. The molecule has 2 aromatic carbocycles. The van der Waals surface area contributed by atoms with Gasteiger partial charge in [-0.1, -0.05) is 94.4 Å². The minimum atomic E-state index is 0.0622. The summed E-state index contributed by atoms with van der Waals surface area (Å²) in [5.74, 6) is 0.208. The van der Waals surface area contributed by atoms with Gasteiger partial charge in [-0.2, -0.15) is 0 Å². The zero-order valence-corrected chi connectivity index (χ0v) is 28.0. The number of rotatable bonds is 3. The highest BCUT2D eigenvalue weighted by atomic mass is 35.5. The molecular formula is C32H31Cl5N6O2. The standard InChI is InChI=1S/C16H15Cl2N3O.C11H14N2O.C5H2Cl3N/c17-13-10-19-11-14(18)15(13)20-6-8-21(9-7-20)16(22)12-4-2-1-3-5-12;14-11(10-4-2-1-3-5-10)13-8-6-12-7-9-13;6-3-1-9-2-4(7)5(3)8/h1-5,10-11H,6-9H2;1-5,12H,6-9H2;1-2H. The van der Waals surface area contributed by atoms with E-state index in [0.717, 1.165) is 43.0 Å². The summed E-state index contributed by atoms with van der Waals surface area (Å²) >= 11 is 29.0. The molecule has 0 aliphatic carbocycles. The van der Waals surface area contributed by atoms with Crippen molar-refractivity contribution in [2.45, 2.75) is 0 Å². The number of carbonyl (C=O) groups excluding carboxylic acids is 2. The van der Waals surface area contributed by atoms with Gasteiger partial charge >= 0.3 is 0 Å². The number of nitrogens with one attached hydrogen (secondary N) is 1. The van der Waals surface area contributed by atoms with E-state index in [1.807, 2.05) is 70.5 Å². The van der Waals surface area contributed by atoms with Crippen LogP contribution in [0.15, 0.2) is 85.5 Å². The fourth-order valence-electron chi connectivity index (χ4n) is 4.63. The van der Waals surface area contributed by atoms with E-state index in [1.165, 1.54) is 12.4 Å². The number of amides is 2. The maximum Gasteiger partial charge on any atom is 0.253 e. The number of pyridine rings is 2. The van der Waals surface area contributed by atoms with Crippen LogP contribution in [0.1, 0.15) is 20.7 Å². The number of halogens is 5. The smallest absolute Gasteiger partial charge is 0.253 e. The van der Waals surface area contributed by atoms with Crippen molar-refractivity contribution in [3.63, 3.8) is 0 Å². The van der Waals surface area contributed by atoms with Gasteiger partial charge in [-0.25, -0.2) is 0 Å². The minimum Gasteiger partial charge on any atom is -0.365 e. The van der Waals surface area contributed by atoms with Gasteiger partial charge in [-0.05, 0) is 24.3 Å². The number of aromatic nitrogens is 2. The summed E-state index contributed by atoms with van der Waals surface area (Å²) in [4.78, 5) is 37.8. The molecule has 0 saturated carbocycles. The summed E-state index contributed by atoms with van der Waals surface area (Å²) in [6, 6.07) is 18.8. The third-order valence-corrected chi connectivity index (χ3v) is 8.68. The van der Waals surface area contributed by atoms with Gasteiger partial charge < -0.3 is 20.0 Å². The normalized spacial score (nSPS) is 14.5. The number of nitrogens with zero attached hydrogens (tertiary/aromatic N) is 5. The first-order valence-electron chi connectivity index (χ1n) is 14.1. The predicted molar refractivity (Wildman–Crippen MR) is 183 cm³/mol. The number of hydrogen-bond donors (Lipinski definition) is 1. The van der Waals surface area contributed by atoms with Crippen LogP contribution in [0, 0.1) is 0 Å². The van der Waals surface area contributed by atoms with Crippen LogP contribution in [0.25, 0.3) is 0 Å². The molecular weight excluding hydrogens is 678 g/mol. The lowest BCUT2D eigenvalue weighted by Crippen LogP contribution is -2.49. The van der Waals surface area contributed by atoms with Gasteiger partial charge in [0.25, 0.3) is 11.8 Å². The minimum absolute atomic E-state index is 0.0622. The first-order valence-corrected chi connectivity index (χ1v) is 16.0. The van der Waals surface area contributed by atoms with E-state index in [4.69, 9.17) is 58.0 Å². The Kier molecular flexibility index (Phi) is 13.6. The number of hydrogen-bond acceptors (Lipinski definition) is 6. The van der Waals surface area contributed by atoms with Gasteiger partial charge in [-0.15, -0.1) is 0 Å². The van der Waals surface area contributed by atoms with Crippen LogP contribution >= 0.6 is 58.0 Å². The maximum atomic E-state index is 12.4. The lowest BCUT2D eigenvalue weighted by molar-refractivity contribution is 0.0732. The van der Waals surface area contributed by atoms with Crippen molar-refractivity contribution in [2.75, 3.05) is 57.3 Å². The fraction of sp³-hybridized carbons (Fsp3) is 0.250. The number of carbonyl (C=O) groups is 2. The van der Waals surface area contributed by atoms with Gasteiger partial charge in [0, 0.05) is 88.3 Å². The molecule has 6 rings (SSSR count).